The third kappa shape index (κ3) is 5.97. The van der Waals surface area contributed by atoms with Crippen molar-refractivity contribution in [3.05, 3.63) is 55.1 Å². The molecule has 0 bridgehead atoms. The predicted molar refractivity (Wildman–Crippen MR) is 118 cm³/mol. The van der Waals surface area contributed by atoms with Gasteiger partial charge in [0.05, 0.1) is 36.8 Å². The third-order valence-electron chi connectivity index (χ3n) is 5.14. The smallest absolute Gasteiger partial charge is 0.329 e. The number of imidazole rings is 1. The van der Waals surface area contributed by atoms with Crippen molar-refractivity contribution in [3.8, 4) is 28.5 Å². The lowest BCUT2D eigenvalue weighted by Gasteiger charge is -2.17. The molecule has 15 heteroatoms. The van der Waals surface area contributed by atoms with E-state index in [9.17, 15) is 31.1 Å². The van der Waals surface area contributed by atoms with Crippen LogP contribution in [0.1, 0.15) is 12.5 Å². The van der Waals surface area contributed by atoms with Crippen LogP contribution in [0.25, 0.3) is 28.0 Å². The summed E-state index contributed by atoms with van der Waals surface area (Å²) >= 11 is 0. The number of alkyl halides is 6. The fourth-order valence-corrected chi connectivity index (χ4v) is 3.45. The molecule has 0 fully saturated rings. The van der Waals surface area contributed by atoms with Gasteiger partial charge in [0.2, 0.25) is 0 Å². The van der Waals surface area contributed by atoms with Gasteiger partial charge in [0, 0.05) is 28.6 Å². The molecule has 3 aromatic heterocycles. The summed E-state index contributed by atoms with van der Waals surface area (Å²) in [5.41, 5.74) is 2.38. The summed E-state index contributed by atoms with van der Waals surface area (Å²) in [7, 11) is 0. The molecular weight excluding hydrogens is 506 g/mol. The minimum atomic E-state index is -4.65. The van der Waals surface area contributed by atoms with Crippen molar-refractivity contribution >= 4 is 17.4 Å². The number of hydrogen-bond donors (Lipinski definition) is 2. The topological polar surface area (TPSA) is 113 Å². The van der Waals surface area contributed by atoms with Crippen molar-refractivity contribution in [2.45, 2.75) is 24.8 Å². The van der Waals surface area contributed by atoms with E-state index in [2.05, 4.69) is 20.5 Å². The summed E-state index contributed by atoms with van der Waals surface area (Å²) < 4.78 is 78.7. The molecule has 0 saturated heterocycles. The fourth-order valence-electron chi connectivity index (χ4n) is 3.45. The fraction of sp³-hybridized carbons (Fsp3) is 0.227. The van der Waals surface area contributed by atoms with Crippen LogP contribution >= 0.6 is 0 Å². The Morgan fingerprint density at radius 2 is 1.78 bits per heavy atom. The van der Waals surface area contributed by atoms with Gasteiger partial charge in [-0.3, -0.25) is 4.68 Å². The van der Waals surface area contributed by atoms with Gasteiger partial charge in [0.1, 0.15) is 6.54 Å². The van der Waals surface area contributed by atoms with E-state index in [4.69, 9.17) is 5.26 Å². The first-order valence-electron chi connectivity index (χ1n) is 10.5. The zero-order chi connectivity index (χ0) is 26.8. The number of halogens is 6. The molecule has 0 aliphatic rings. The van der Waals surface area contributed by atoms with Crippen LogP contribution in [-0.2, 0) is 0 Å². The molecule has 0 radical (unpaired) electrons. The van der Waals surface area contributed by atoms with Crippen molar-refractivity contribution in [2.75, 3.05) is 11.9 Å². The SMILES string of the molecule is N#CCC(n1cc(-c2cnn3c(-c4cccc(NC(=O)NCC(F)(F)F)c4)cnc3c2)cn1)C(F)(F)F. The maximum Gasteiger partial charge on any atom is 0.411 e. The van der Waals surface area contributed by atoms with E-state index in [-0.39, 0.29) is 5.69 Å². The Morgan fingerprint density at radius 1 is 1.03 bits per heavy atom. The number of nitriles is 1. The second kappa shape index (κ2) is 9.80. The molecule has 0 aliphatic heterocycles. The number of nitrogens with zero attached hydrogens (tertiary/aromatic N) is 6. The molecule has 2 amide bonds. The number of anilines is 1. The molecule has 1 aromatic carbocycles. The standard InChI is InChI=1S/C22H16F6N8O/c23-21(24,25)12-31-20(37)34-16-3-1-2-13(6-16)17-10-30-19-7-14(8-33-36(17)19)15-9-32-35(11-15)18(4-5-29)22(26,27)28/h1-3,6-11,18H,4,12H2,(H2,31,34,37). The second-order valence-electron chi connectivity index (χ2n) is 7.79. The Bertz CT molecular complexity index is 1470. The van der Waals surface area contributed by atoms with Crippen LogP contribution in [-0.4, -0.2) is 49.3 Å². The number of benzene rings is 1. The van der Waals surface area contributed by atoms with Crippen molar-refractivity contribution in [2.24, 2.45) is 0 Å². The monoisotopic (exact) mass is 522 g/mol. The number of rotatable bonds is 6. The van der Waals surface area contributed by atoms with Gasteiger partial charge in [-0.25, -0.2) is 14.3 Å². The highest BCUT2D eigenvalue weighted by Gasteiger charge is 2.41. The van der Waals surface area contributed by atoms with E-state index < -0.39 is 37.4 Å². The van der Waals surface area contributed by atoms with Crippen LogP contribution in [0.15, 0.2) is 55.1 Å². The quantitative estimate of drug-likeness (QED) is 0.348. The van der Waals surface area contributed by atoms with E-state index in [1.54, 1.807) is 23.5 Å². The second-order valence-corrected chi connectivity index (χ2v) is 7.79. The minimum Gasteiger partial charge on any atom is -0.329 e. The average molecular weight is 522 g/mol. The molecule has 1 unspecified atom stereocenters. The molecule has 0 saturated carbocycles. The Balaban J connectivity index is 1.56. The average Bonchev–Trinajstić information content (AvgIpc) is 3.47. The molecule has 4 rings (SSSR count). The molecule has 37 heavy (non-hydrogen) atoms. The number of hydrogen-bond acceptors (Lipinski definition) is 5. The van der Waals surface area contributed by atoms with Crippen LogP contribution in [0.2, 0.25) is 0 Å². The molecule has 192 valence electrons. The van der Waals surface area contributed by atoms with Crippen molar-refractivity contribution in [1.82, 2.24) is 29.7 Å². The van der Waals surface area contributed by atoms with Crippen LogP contribution in [0.4, 0.5) is 36.8 Å². The van der Waals surface area contributed by atoms with Crippen LogP contribution in [0, 0.1) is 11.3 Å². The van der Waals surface area contributed by atoms with Gasteiger partial charge in [-0.05, 0) is 18.2 Å². The summed E-state index contributed by atoms with van der Waals surface area (Å²) in [6, 6.07) is 6.24. The Morgan fingerprint density at radius 3 is 2.49 bits per heavy atom. The van der Waals surface area contributed by atoms with Crippen LogP contribution in [0.5, 0.6) is 0 Å². The van der Waals surface area contributed by atoms with Gasteiger partial charge < -0.3 is 10.6 Å². The Kier molecular flexibility index (Phi) is 6.75. The molecule has 4 aromatic rings. The molecule has 0 spiro atoms. The molecule has 2 N–H and O–H groups in total. The van der Waals surface area contributed by atoms with Crippen LogP contribution < -0.4 is 10.6 Å². The van der Waals surface area contributed by atoms with E-state index in [1.165, 1.54) is 47.5 Å². The number of carbonyl (C=O) groups is 1. The highest BCUT2D eigenvalue weighted by Crippen LogP contribution is 2.34. The molecular formula is C22H16F6N8O. The van der Waals surface area contributed by atoms with Gasteiger partial charge in [-0.15, -0.1) is 0 Å². The molecule has 1 atom stereocenters. The number of fused-ring (bicyclic) bond motifs is 1. The zero-order valence-corrected chi connectivity index (χ0v) is 18.5. The van der Waals surface area contributed by atoms with E-state index >= 15 is 0 Å². The van der Waals surface area contributed by atoms with Gasteiger partial charge in [-0.2, -0.15) is 41.8 Å². The maximum atomic E-state index is 13.3. The molecule has 9 nitrogen and oxygen atoms in total. The first-order chi connectivity index (χ1) is 17.4. The number of urea groups is 1. The lowest BCUT2D eigenvalue weighted by atomic mass is 10.1. The largest absolute Gasteiger partial charge is 0.411 e. The van der Waals surface area contributed by atoms with Gasteiger partial charge >= 0.3 is 18.4 Å². The van der Waals surface area contributed by atoms with Crippen molar-refractivity contribution < 1.29 is 31.1 Å². The number of aromatic nitrogens is 5. The number of carbonyl (C=O) groups excluding carboxylic acids is 1. The number of amides is 2. The normalized spacial score (nSPS) is 12.8. The lowest BCUT2D eigenvalue weighted by molar-refractivity contribution is -0.169. The summed E-state index contributed by atoms with van der Waals surface area (Å²) in [4.78, 5) is 16.0. The molecule has 3 heterocycles. The molecule has 0 aliphatic carbocycles. The summed E-state index contributed by atoms with van der Waals surface area (Å²) in [5.74, 6) is 0. The maximum absolute atomic E-state index is 13.3. The van der Waals surface area contributed by atoms with Gasteiger partial charge in [-0.1, -0.05) is 12.1 Å². The highest BCUT2D eigenvalue weighted by atomic mass is 19.4. The van der Waals surface area contributed by atoms with Crippen molar-refractivity contribution in [1.29, 1.82) is 5.26 Å². The first kappa shape index (κ1) is 25.5. The van der Waals surface area contributed by atoms with Gasteiger partial charge in [0.25, 0.3) is 0 Å². The first-order valence-corrected chi connectivity index (χ1v) is 10.5. The Labute approximate surface area is 204 Å². The van der Waals surface area contributed by atoms with Gasteiger partial charge in [0.15, 0.2) is 11.7 Å². The summed E-state index contributed by atoms with van der Waals surface area (Å²) in [6.07, 6.45) is -4.71. The Hall–Kier alpha value is -4.61. The predicted octanol–water partition coefficient (Wildman–Crippen LogP) is 4.96. The van der Waals surface area contributed by atoms with E-state index in [1.807, 2.05) is 0 Å². The third-order valence-corrected chi connectivity index (χ3v) is 5.14. The summed E-state index contributed by atoms with van der Waals surface area (Å²) in [5, 5.41) is 20.8. The number of nitrogens with one attached hydrogen (secondary N) is 2. The van der Waals surface area contributed by atoms with E-state index in [0.717, 1.165) is 0 Å². The van der Waals surface area contributed by atoms with E-state index in [0.29, 0.717) is 32.7 Å². The van der Waals surface area contributed by atoms with Crippen LogP contribution in [0.3, 0.4) is 0 Å². The lowest BCUT2D eigenvalue weighted by Crippen LogP contribution is -2.36. The highest BCUT2D eigenvalue weighted by molar-refractivity contribution is 5.90. The zero-order valence-electron chi connectivity index (χ0n) is 18.5. The van der Waals surface area contributed by atoms with Crippen molar-refractivity contribution in [3.63, 3.8) is 0 Å². The minimum absolute atomic E-state index is 0.229. The summed E-state index contributed by atoms with van der Waals surface area (Å²) in [6.45, 7) is -1.48.